The highest BCUT2D eigenvalue weighted by Crippen LogP contribution is 2.31. The molecule has 0 saturated carbocycles. The SMILES string of the molecule is CCN(CC)Cc1cc(Nc2ccnc3cc(Cl)ccc23)ccc1-c1ccc(C)cc1. The Morgan fingerprint density at radius 1 is 0.903 bits per heavy atom. The van der Waals surface area contributed by atoms with E-state index in [2.05, 4.69) is 78.4 Å². The minimum absolute atomic E-state index is 0.695. The van der Waals surface area contributed by atoms with Gasteiger partial charge >= 0.3 is 0 Å². The molecule has 0 spiro atoms. The molecule has 4 rings (SSSR count). The molecule has 3 aromatic carbocycles. The molecular formula is C27H28ClN3. The van der Waals surface area contributed by atoms with Gasteiger partial charge in [0.05, 0.1) is 5.52 Å². The largest absolute Gasteiger partial charge is 0.355 e. The number of nitrogens with zero attached hydrogens (tertiary/aromatic N) is 2. The van der Waals surface area contributed by atoms with Gasteiger partial charge in [0.25, 0.3) is 0 Å². The number of anilines is 2. The summed E-state index contributed by atoms with van der Waals surface area (Å²) in [4.78, 5) is 6.90. The lowest BCUT2D eigenvalue weighted by molar-refractivity contribution is 0.296. The van der Waals surface area contributed by atoms with Crippen molar-refractivity contribution in [3.05, 3.63) is 89.1 Å². The standard InChI is InChI=1S/C27H28ClN3/c1-4-31(5-2)18-21-16-23(11-13-24(21)20-8-6-19(3)7-9-20)30-26-14-15-29-27-17-22(28)10-12-25(26)27/h6-17H,4-5,18H2,1-3H3,(H,29,30). The first-order chi connectivity index (χ1) is 15.1. The summed E-state index contributed by atoms with van der Waals surface area (Å²) in [6.45, 7) is 9.52. The minimum Gasteiger partial charge on any atom is -0.355 e. The van der Waals surface area contributed by atoms with E-state index in [0.717, 1.165) is 41.9 Å². The van der Waals surface area contributed by atoms with E-state index < -0.39 is 0 Å². The third-order valence-corrected chi connectivity index (χ3v) is 5.98. The number of benzene rings is 3. The van der Waals surface area contributed by atoms with Crippen molar-refractivity contribution in [2.75, 3.05) is 18.4 Å². The van der Waals surface area contributed by atoms with Gasteiger partial charge in [0.2, 0.25) is 0 Å². The summed E-state index contributed by atoms with van der Waals surface area (Å²) in [5, 5.41) is 5.35. The van der Waals surface area contributed by atoms with Crippen LogP contribution in [-0.4, -0.2) is 23.0 Å². The summed E-state index contributed by atoms with van der Waals surface area (Å²) in [5.41, 5.74) is 8.11. The van der Waals surface area contributed by atoms with E-state index in [0.29, 0.717) is 5.02 Å². The normalized spacial score (nSPS) is 11.3. The molecule has 0 unspecified atom stereocenters. The molecule has 0 bridgehead atoms. The lowest BCUT2D eigenvalue weighted by Gasteiger charge is -2.21. The van der Waals surface area contributed by atoms with Gasteiger partial charge in [-0.2, -0.15) is 0 Å². The molecule has 1 aromatic heterocycles. The lowest BCUT2D eigenvalue weighted by atomic mass is 9.97. The van der Waals surface area contributed by atoms with Crippen molar-refractivity contribution in [1.82, 2.24) is 9.88 Å². The van der Waals surface area contributed by atoms with Gasteiger partial charge in [-0.15, -0.1) is 0 Å². The molecule has 1 N–H and O–H groups in total. The Bertz CT molecular complexity index is 1180. The highest BCUT2D eigenvalue weighted by molar-refractivity contribution is 6.31. The van der Waals surface area contributed by atoms with Gasteiger partial charge < -0.3 is 5.32 Å². The van der Waals surface area contributed by atoms with Gasteiger partial charge in [-0.3, -0.25) is 9.88 Å². The number of fused-ring (bicyclic) bond motifs is 1. The van der Waals surface area contributed by atoms with Crippen molar-refractivity contribution >= 4 is 33.9 Å². The van der Waals surface area contributed by atoms with Crippen LogP contribution in [0.25, 0.3) is 22.0 Å². The minimum atomic E-state index is 0.695. The Kier molecular flexibility index (Phi) is 6.55. The molecule has 0 fully saturated rings. The number of aromatic nitrogens is 1. The van der Waals surface area contributed by atoms with Crippen molar-refractivity contribution < 1.29 is 0 Å². The van der Waals surface area contributed by atoms with E-state index in [9.17, 15) is 0 Å². The fourth-order valence-corrected chi connectivity index (χ4v) is 4.06. The highest BCUT2D eigenvalue weighted by Gasteiger charge is 2.11. The molecule has 158 valence electrons. The second kappa shape index (κ2) is 9.51. The zero-order valence-corrected chi connectivity index (χ0v) is 19.1. The van der Waals surface area contributed by atoms with Crippen LogP contribution in [0, 0.1) is 6.92 Å². The molecule has 0 radical (unpaired) electrons. The average Bonchev–Trinajstić information content (AvgIpc) is 2.78. The Morgan fingerprint density at radius 2 is 1.68 bits per heavy atom. The van der Waals surface area contributed by atoms with Crippen LogP contribution in [0.1, 0.15) is 25.0 Å². The molecule has 31 heavy (non-hydrogen) atoms. The van der Waals surface area contributed by atoms with Crippen molar-refractivity contribution in [2.24, 2.45) is 0 Å². The summed E-state index contributed by atoms with van der Waals surface area (Å²) < 4.78 is 0. The van der Waals surface area contributed by atoms with Crippen LogP contribution in [0.4, 0.5) is 11.4 Å². The predicted octanol–water partition coefficient (Wildman–Crippen LogP) is 7.45. The van der Waals surface area contributed by atoms with Crippen molar-refractivity contribution in [3.8, 4) is 11.1 Å². The number of hydrogen-bond donors (Lipinski definition) is 1. The first-order valence-electron chi connectivity index (χ1n) is 10.8. The maximum Gasteiger partial charge on any atom is 0.0737 e. The van der Waals surface area contributed by atoms with Crippen LogP contribution < -0.4 is 5.32 Å². The van der Waals surface area contributed by atoms with Crippen molar-refractivity contribution in [2.45, 2.75) is 27.3 Å². The van der Waals surface area contributed by atoms with Gasteiger partial charge in [0.15, 0.2) is 0 Å². The van der Waals surface area contributed by atoms with Gasteiger partial charge in [0.1, 0.15) is 0 Å². The second-order valence-electron chi connectivity index (χ2n) is 7.84. The van der Waals surface area contributed by atoms with E-state index in [1.165, 1.54) is 22.3 Å². The van der Waals surface area contributed by atoms with Crippen LogP contribution in [-0.2, 0) is 6.54 Å². The Labute approximate surface area is 189 Å². The average molecular weight is 430 g/mol. The molecule has 4 heteroatoms. The Balaban J connectivity index is 1.73. The number of rotatable bonds is 7. The van der Waals surface area contributed by atoms with E-state index in [1.807, 2.05) is 30.5 Å². The molecule has 0 amide bonds. The van der Waals surface area contributed by atoms with E-state index >= 15 is 0 Å². The molecule has 0 aliphatic carbocycles. The smallest absolute Gasteiger partial charge is 0.0737 e. The second-order valence-corrected chi connectivity index (χ2v) is 8.28. The fraction of sp³-hybridized carbons (Fsp3) is 0.222. The summed E-state index contributed by atoms with van der Waals surface area (Å²) in [6.07, 6.45) is 1.82. The molecule has 3 nitrogen and oxygen atoms in total. The maximum atomic E-state index is 6.15. The molecule has 4 aromatic rings. The van der Waals surface area contributed by atoms with Gasteiger partial charge in [-0.1, -0.05) is 61.3 Å². The van der Waals surface area contributed by atoms with Crippen LogP contribution in [0.5, 0.6) is 0 Å². The summed E-state index contributed by atoms with van der Waals surface area (Å²) in [6, 6.07) is 23.3. The number of pyridine rings is 1. The first kappa shape index (κ1) is 21.4. The molecule has 0 aliphatic heterocycles. The fourth-order valence-electron chi connectivity index (χ4n) is 3.89. The van der Waals surface area contributed by atoms with E-state index in [1.54, 1.807) is 0 Å². The Hall–Kier alpha value is -2.88. The zero-order chi connectivity index (χ0) is 21.8. The van der Waals surface area contributed by atoms with Crippen molar-refractivity contribution in [3.63, 3.8) is 0 Å². The topological polar surface area (TPSA) is 28.2 Å². The van der Waals surface area contributed by atoms with Gasteiger partial charge in [-0.05, 0) is 73.1 Å². The molecular weight excluding hydrogens is 402 g/mol. The lowest BCUT2D eigenvalue weighted by Crippen LogP contribution is -2.22. The van der Waals surface area contributed by atoms with E-state index in [-0.39, 0.29) is 0 Å². The van der Waals surface area contributed by atoms with E-state index in [4.69, 9.17) is 11.6 Å². The van der Waals surface area contributed by atoms with Crippen LogP contribution in [0.3, 0.4) is 0 Å². The Morgan fingerprint density at radius 3 is 2.42 bits per heavy atom. The third-order valence-electron chi connectivity index (χ3n) is 5.74. The monoisotopic (exact) mass is 429 g/mol. The summed E-state index contributed by atoms with van der Waals surface area (Å²) in [5.74, 6) is 0. The molecule has 1 heterocycles. The quantitative estimate of drug-likeness (QED) is 0.330. The predicted molar refractivity (Wildman–Crippen MR) is 133 cm³/mol. The molecule has 0 aliphatic rings. The van der Waals surface area contributed by atoms with Gasteiger partial charge in [-0.25, -0.2) is 0 Å². The van der Waals surface area contributed by atoms with Crippen LogP contribution in [0.15, 0.2) is 72.9 Å². The maximum absolute atomic E-state index is 6.15. The van der Waals surface area contributed by atoms with Gasteiger partial charge in [0, 0.05) is 34.5 Å². The molecule has 0 saturated heterocycles. The van der Waals surface area contributed by atoms with Crippen LogP contribution >= 0.6 is 11.6 Å². The first-order valence-corrected chi connectivity index (χ1v) is 11.2. The number of halogens is 1. The zero-order valence-electron chi connectivity index (χ0n) is 18.3. The van der Waals surface area contributed by atoms with Crippen LogP contribution in [0.2, 0.25) is 5.02 Å². The highest BCUT2D eigenvalue weighted by atomic mass is 35.5. The summed E-state index contributed by atoms with van der Waals surface area (Å²) in [7, 11) is 0. The molecule has 0 atom stereocenters. The number of hydrogen-bond acceptors (Lipinski definition) is 3. The number of aryl methyl sites for hydroxylation is 1. The number of nitrogens with one attached hydrogen (secondary N) is 1. The summed E-state index contributed by atoms with van der Waals surface area (Å²) >= 11 is 6.15. The van der Waals surface area contributed by atoms with Crippen molar-refractivity contribution in [1.29, 1.82) is 0 Å². The third kappa shape index (κ3) is 4.90.